The van der Waals surface area contributed by atoms with E-state index in [4.69, 9.17) is 9.47 Å². The van der Waals surface area contributed by atoms with Gasteiger partial charge in [-0.25, -0.2) is 0 Å². The second-order valence-electron chi connectivity index (χ2n) is 6.91. The van der Waals surface area contributed by atoms with E-state index in [2.05, 4.69) is 23.3 Å². The molecule has 27 heavy (non-hydrogen) atoms. The lowest BCUT2D eigenvalue weighted by molar-refractivity contribution is -0.135. The Balaban J connectivity index is 1.66. The third-order valence-corrected chi connectivity index (χ3v) is 6.14. The molecule has 0 fully saturated rings. The molecule has 6 heteroatoms. The summed E-state index contributed by atoms with van der Waals surface area (Å²) < 4.78 is 10.7. The van der Waals surface area contributed by atoms with Crippen molar-refractivity contribution < 1.29 is 14.3 Å². The van der Waals surface area contributed by atoms with E-state index in [1.54, 1.807) is 14.2 Å². The topological polar surface area (TPSA) is 42.0 Å². The minimum atomic E-state index is 0.189. The first-order chi connectivity index (χ1) is 13.1. The maximum Gasteiger partial charge on any atom is 0.237 e. The van der Waals surface area contributed by atoms with Gasteiger partial charge < -0.3 is 14.4 Å². The number of methoxy groups -OCH3 is 2. The molecule has 1 atom stereocenters. The summed E-state index contributed by atoms with van der Waals surface area (Å²) in [5, 5.41) is 2.14. The van der Waals surface area contributed by atoms with E-state index in [9.17, 15) is 4.79 Å². The van der Waals surface area contributed by atoms with Crippen molar-refractivity contribution in [2.75, 3.05) is 34.4 Å². The van der Waals surface area contributed by atoms with Crippen molar-refractivity contribution in [1.29, 1.82) is 0 Å². The molecule has 0 aliphatic carbocycles. The smallest absolute Gasteiger partial charge is 0.237 e. The van der Waals surface area contributed by atoms with Gasteiger partial charge in [-0.15, -0.1) is 11.3 Å². The number of thiophene rings is 1. The summed E-state index contributed by atoms with van der Waals surface area (Å²) in [5.41, 5.74) is 2.38. The molecule has 1 unspecified atom stereocenters. The molecule has 2 aromatic rings. The van der Waals surface area contributed by atoms with Crippen molar-refractivity contribution >= 4 is 17.2 Å². The quantitative estimate of drug-likeness (QED) is 0.725. The van der Waals surface area contributed by atoms with Crippen molar-refractivity contribution in [3.8, 4) is 11.5 Å². The first-order valence-corrected chi connectivity index (χ1v) is 10.2. The number of hydrogen-bond acceptors (Lipinski definition) is 5. The molecule has 0 saturated carbocycles. The normalized spacial score (nSPS) is 16.3. The highest BCUT2D eigenvalue weighted by Gasteiger charge is 2.30. The zero-order valence-electron chi connectivity index (χ0n) is 16.5. The summed E-state index contributed by atoms with van der Waals surface area (Å²) in [4.78, 5) is 18.5. The van der Waals surface area contributed by atoms with Gasteiger partial charge in [-0.05, 0) is 43.0 Å². The average molecular weight is 389 g/mol. The molecule has 0 spiro atoms. The number of fused-ring (bicyclic) bond motifs is 1. The Kier molecular flexibility index (Phi) is 6.39. The zero-order chi connectivity index (χ0) is 19.4. The Hall–Kier alpha value is -2.05. The molecule has 1 amide bonds. The first kappa shape index (κ1) is 19.7. The van der Waals surface area contributed by atoms with E-state index >= 15 is 0 Å². The molecule has 3 rings (SSSR count). The molecule has 1 aromatic carbocycles. The van der Waals surface area contributed by atoms with Crippen LogP contribution in [0.4, 0.5) is 0 Å². The van der Waals surface area contributed by atoms with Crippen LogP contribution >= 0.6 is 11.3 Å². The highest BCUT2D eigenvalue weighted by molar-refractivity contribution is 7.10. The maximum absolute atomic E-state index is 13.0. The monoisotopic (exact) mass is 388 g/mol. The van der Waals surface area contributed by atoms with Crippen LogP contribution in [-0.2, 0) is 17.8 Å². The average Bonchev–Trinajstić information content (AvgIpc) is 3.16. The standard InChI is InChI=1S/C21H28N2O3S/c1-5-18-17-9-11-27-20(17)8-10-23(18)21(24)14-22(2)13-15-6-7-16(25-3)12-19(15)26-4/h6-7,9,11-12,18H,5,8,10,13-14H2,1-4H3. The molecule has 5 nitrogen and oxygen atoms in total. The van der Waals surface area contributed by atoms with Crippen molar-refractivity contribution in [2.24, 2.45) is 0 Å². The van der Waals surface area contributed by atoms with Crippen LogP contribution in [0, 0.1) is 0 Å². The number of ether oxygens (including phenoxy) is 2. The van der Waals surface area contributed by atoms with Gasteiger partial charge in [0.05, 0.1) is 26.8 Å². The minimum absolute atomic E-state index is 0.189. The fourth-order valence-electron chi connectivity index (χ4n) is 3.79. The third-order valence-electron chi connectivity index (χ3n) is 5.14. The number of hydrogen-bond donors (Lipinski definition) is 0. The second kappa shape index (κ2) is 8.76. The van der Waals surface area contributed by atoms with Crippen LogP contribution < -0.4 is 9.47 Å². The lowest BCUT2D eigenvalue weighted by Crippen LogP contribution is -2.44. The summed E-state index contributed by atoms with van der Waals surface area (Å²) in [6.07, 6.45) is 1.91. The largest absolute Gasteiger partial charge is 0.497 e. The number of likely N-dealkylation sites (N-methyl/N-ethyl adjacent to an activating group) is 1. The predicted molar refractivity (Wildman–Crippen MR) is 109 cm³/mol. The van der Waals surface area contributed by atoms with Crippen molar-refractivity contribution in [1.82, 2.24) is 9.80 Å². The van der Waals surface area contributed by atoms with Gasteiger partial charge in [-0.2, -0.15) is 0 Å². The van der Waals surface area contributed by atoms with E-state index < -0.39 is 0 Å². The summed E-state index contributed by atoms with van der Waals surface area (Å²) in [7, 11) is 5.27. The summed E-state index contributed by atoms with van der Waals surface area (Å²) >= 11 is 1.81. The lowest BCUT2D eigenvalue weighted by Gasteiger charge is -2.36. The van der Waals surface area contributed by atoms with Crippen LogP contribution in [0.1, 0.15) is 35.4 Å². The summed E-state index contributed by atoms with van der Waals surface area (Å²) in [6, 6.07) is 8.17. The van der Waals surface area contributed by atoms with Gasteiger partial charge in [0.25, 0.3) is 0 Å². The number of amides is 1. The van der Waals surface area contributed by atoms with Crippen molar-refractivity contribution in [3.63, 3.8) is 0 Å². The SMILES string of the molecule is CCC1c2ccsc2CCN1C(=O)CN(C)Cc1ccc(OC)cc1OC. The van der Waals surface area contributed by atoms with E-state index in [-0.39, 0.29) is 11.9 Å². The number of carbonyl (C=O) groups excluding carboxylic acids is 1. The van der Waals surface area contributed by atoms with Gasteiger partial charge >= 0.3 is 0 Å². The van der Waals surface area contributed by atoms with Gasteiger partial charge in [-0.3, -0.25) is 9.69 Å². The number of carbonyl (C=O) groups is 1. The second-order valence-corrected chi connectivity index (χ2v) is 7.91. The van der Waals surface area contributed by atoms with E-state index in [1.165, 1.54) is 10.4 Å². The summed E-state index contributed by atoms with van der Waals surface area (Å²) in [6.45, 7) is 4.01. The van der Waals surface area contributed by atoms with Crippen LogP contribution in [-0.4, -0.2) is 50.1 Å². The highest BCUT2D eigenvalue weighted by atomic mass is 32.1. The van der Waals surface area contributed by atoms with E-state index in [1.807, 2.05) is 41.5 Å². The van der Waals surface area contributed by atoms with Crippen LogP contribution in [0.2, 0.25) is 0 Å². The van der Waals surface area contributed by atoms with Gasteiger partial charge in [0, 0.05) is 29.6 Å². The van der Waals surface area contributed by atoms with Crippen LogP contribution in [0.15, 0.2) is 29.6 Å². The molecular weight excluding hydrogens is 360 g/mol. The van der Waals surface area contributed by atoms with Gasteiger partial charge in [0.1, 0.15) is 11.5 Å². The van der Waals surface area contributed by atoms with E-state index in [0.717, 1.165) is 36.4 Å². The van der Waals surface area contributed by atoms with Crippen molar-refractivity contribution in [2.45, 2.75) is 32.4 Å². The molecule has 0 radical (unpaired) electrons. The Morgan fingerprint density at radius 2 is 2.11 bits per heavy atom. The first-order valence-electron chi connectivity index (χ1n) is 9.32. The van der Waals surface area contributed by atoms with Gasteiger partial charge in [-0.1, -0.05) is 13.0 Å². The Labute approximate surface area is 165 Å². The Bertz CT molecular complexity index is 789. The number of benzene rings is 1. The fraction of sp³-hybridized carbons (Fsp3) is 0.476. The predicted octanol–water partition coefficient (Wildman–Crippen LogP) is 3.73. The molecule has 0 bridgehead atoms. The van der Waals surface area contributed by atoms with Crippen LogP contribution in [0.25, 0.3) is 0 Å². The third kappa shape index (κ3) is 4.28. The van der Waals surface area contributed by atoms with Crippen LogP contribution in [0.5, 0.6) is 11.5 Å². The molecular formula is C21H28N2O3S. The molecule has 1 aromatic heterocycles. The Morgan fingerprint density at radius 1 is 1.30 bits per heavy atom. The van der Waals surface area contributed by atoms with Crippen LogP contribution in [0.3, 0.4) is 0 Å². The van der Waals surface area contributed by atoms with Gasteiger partial charge in [0.15, 0.2) is 0 Å². The van der Waals surface area contributed by atoms with Crippen molar-refractivity contribution in [3.05, 3.63) is 45.6 Å². The minimum Gasteiger partial charge on any atom is -0.497 e. The molecule has 146 valence electrons. The molecule has 0 N–H and O–H groups in total. The van der Waals surface area contributed by atoms with Gasteiger partial charge in [0.2, 0.25) is 5.91 Å². The molecule has 0 saturated heterocycles. The molecule has 2 heterocycles. The fourth-order valence-corrected chi connectivity index (χ4v) is 4.71. The summed E-state index contributed by atoms with van der Waals surface area (Å²) in [5.74, 6) is 1.73. The Morgan fingerprint density at radius 3 is 2.81 bits per heavy atom. The maximum atomic E-state index is 13.0. The lowest BCUT2D eigenvalue weighted by atomic mass is 9.97. The van der Waals surface area contributed by atoms with E-state index in [0.29, 0.717) is 13.1 Å². The molecule has 1 aliphatic rings. The molecule has 1 aliphatic heterocycles. The highest BCUT2D eigenvalue weighted by Crippen LogP contribution is 2.35. The number of nitrogens with zero attached hydrogens (tertiary/aromatic N) is 2. The number of rotatable bonds is 7. The zero-order valence-corrected chi connectivity index (χ0v) is 17.3.